The fourth-order valence-electron chi connectivity index (χ4n) is 2.10. The van der Waals surface area contributed by atoms with Gasteiger partial charge in [0.25, 0.3) is 0 Å². The van der Waals surface area contributed by atoms with Gasteiger partial charge >= 0.3 is 0 Å². The highest BCUT2D eigenvalue weighted by Gasteiger charge is 2.13. The van der Waals surface area contributed by atoms with E-state index in [9.17, 15) is 0 Å². The van der Waals surface area contributed by atoms with Gasteiger partial charge in [0.2, 0.25) is 0 Å². The lowest BCUT2D eigenvalue weighted by Crippen LogP contribution is -2.27. The van der Waals surface area contributed by atoms with E-state index in [0.717, 1.165) is 29.1 Å². The van der Waals surface area contributed by atoms with Crippen molar-refractivity contribution in [2.45, 2.75) is 12.8 Å². The molecule has 0 aromatic heterocycles. The molecule has 0 fully saturated rings. The standard InChI is InChI=1S/C15H14ClN3/c16-13-8-6-12(7-9-13)15-18-14(10-17-19-15)11-4-2-1-3-5-11/h2,4-9,17H,1,3,10H2. The predicted molar refractivity (Wildman–Crippen MR) is 79.9 cm³/mol. The number of rotatable bonds is 2. The first-order valence-electron chi connectivity index (χ1n) is 6.34. The van der Waals surface area contributed by atoms with Crippen LogP contribution in [0.5, 0.6) is 0 Å². The molecule has 1 heterocycles. The van der Waals surface area contributed by atoms with Gasteiger partial charge in [-0.25, -0.2) is 4.99 Å². The second-order valence-corrected chi connectivity index (χ2v) is 4.91. The molecule has 0 bridgehead atoms. The van der Waals surface area contributed by atoms with Gasteiger partial charge in [0.05, 0.1) is 12.3 Å². The minimum absolute atomic E-state index is 0.674. The van der Waals surface area contributed by atoms with Crippen molar-refractivity contribution in [3.05, 3.63) is 58.7 Å². The van der Waals surface area contributed by atoms with E-state index in [1.165, 1.54) is 5.57 Å². The Balaban J connectivity index is 1.89. The maximum Gasteiger partial charge on any atom is 0.179 e. The Morgan fingerprint density at radius 3 is 2.68 bits per heavy atom. The Morgan fingerprint density at radius 2 is 1.95 bits per heavy atom. The number of hydrazone groups is 1. The molecule has 3 nitrogen and oxygen atoms in total. The van der Waals surface area contributed by atoms with Gasteiger partial charge in [-0.15, -0.1) is 0 Å². The minimum atomic E-state index is 0.674. The fourth-order valence-corrected chi connectivity index (χ4v) is 2.23. The Labute approximate surface area is 117 Å². The van der Waals surface area contributed by atoms with Gasteiger partial charge < -0.3 is 5.43 Å². The maximum absolute atomic E-state index is 5.89. The van der Waals surface area contributed by atoms with E-state index in [4.69, 9.17) is 11.6 Å². The zero-order valence-corrected chi connectivity index (χ0v) is 11.2. The van der Waals surface area contributed by atoms with Crippen LogP contribution in [0, 0.1) is 0 Å². The molecule has 96 valence electrons. The molecule has 0 radical (unpaired) electrons. The highest BCUT2D eigenvalue weighted by Crippen LogP contribution is 2.15. The van der Waals surface area contributed by atoms with Crippen LogP contribution in [0.25, 0.3) is 0 Å². The van der Waals surface area contributed by atoms with Crippen LogP contribution < -0.4 is 5.43 Å². The molecule has 19 heavy (non-hydrogen) atoms. The molecular weight excluding hydrogens is 258 g/mol. The van der Waals surface area contributed by atoms with Crippen molar-refractivity contribution < 1.29 is 0 Å². The maximum atomic E-state index is 5.89. The molecule has 1 aliphatic carbocycles. The lowest BCUT2D eigenvalue weighted by molar-refractivity contribution is 0.830. The van der Waals surface area contributed by atoms with E-state index in [0.29, 0.717) is 12.4 Å². The number of nitrogens with one attached hydrogen (secondary N) is 1. The molecule has 4 heteroatoms. The summed E-state index contributed by atoms with van der Waals surface area (Å²) in [5.74, 6) is 0.706. The third-order valence-corrected chi connectivity index (χ3v) is 3.35. The van der Waals surface area contributed by atoms with Gasteiger partial charge in [-0.1, -0.05) is 29.8 Å². The van der Waals surface area contributed by atoms with E-state index in [2.05, 4.69) is 33.7 Å². The van der Waals surface area contributed by atoms with Crippen molar-refractivity contribution in [3.8, 4) is 0 Å². The molecule has 0 saturated heterocycles. The molecule has 0 spiro atoms. The molecule has 0 unspecified atom stereocenters. The largest absolute Gasteiger partial charge is 0.302 e. The highest BCUT2D eigenvalue weighted by atomic mass is 35.5. The van der Waals surface area contributed by atoms with Crippen LogP contribution in [0.15, 0.2) is 58.2 Å². The molecular formula is C15H14ClN3. The summed E-state index contributed by atoms with van der Waals surface area (Å²) in [7, 11) is 0. The van der Waals surface area contributed by atoms with E-state index in [1.807, 2.05) is 24.3 Å². The lowest BCUT2D eigenvalue weighted by Gasteiger charge is -2.16. The summed E-state index contributed by atoms with van der Waals surface area (Å²) in [6.07, 6.45) is 8.74. The van der Waals surface area contributed by atoms with Crippen molar-refractivity contribution in [3.63, 3.8) is 0 Å². The first-order valence-corrected chi connectivity index (χ1v) is 6.72. The minimum Gasteiger partial charge on any atom is -0.302 e. The number of hydrogen-bond acceptors (Lipinski definition) is 3. The zero-order valence-electron chi connectivity index (χ0n) is 10.4. The number of benzene rings is 1. The Kier molecular flexibility index (Phi) is 3.47. The molecule has 2 aliphatic rings. The van der Waals surface area contributed by atoms with Crippen molar-refractivity contribution in [2.75, 3.05) is 6.54 Å². The summed E-state index contributed by atoms with van der Waals surface area (Å²) in [4.78, 5) is 4.65. The van der Waals surface area contributed by atoms with Gasteiger partial charge in [-0.3, -0.25) is 0 Å². The predicted octanol–water partition coefficient (Wildman–Crippen LogP) is 3.32. The molecule has 1 N–H and O–H groups in total. The van der Waals surface area contributed by atoms with Gasteiger partial charge in [0.1, 0.15) is 0 Å². The van der Waals surface area contributed by atoms with E-state index >= 15 is 0 Å². The van der Waals surface area contributed by atoms with E-state index in [1.54, 1.807) is 0 Å². The first kappa shape index (κ1) is 12.2. The van der Waals surface area contributed by atoms with Crippen molar-refractivity contribution >= 4 is 23.1 Å². The average Bonchev–Trinajstić information content (AvgIpc) is 2.49. The van der Waals surface area contributed by atoms with Gasteiger partial charge in [-0.05, 0) is 42.7 Å². The van der Waals surface area contributed by atoms with Crippen molar-refractivity contribution in [1.29, 1.82) is 0 Å². The summed E-state index contributed by atoms with van der Waals surface area (Å²) in [5, 5.41) is 4.98. The van der Waals surface area contributed by atoms with Gasteiger partial charge in [0.15, 0.2) is 5.84 Å². The normalized spacial score (nSPS) is 18.3. The third kappa shape index (κ3) is 2.76. The SMILES string of the molecule is Clc1ccc(C2=NNCC(C3=CCCC=C3)=N2)cc1. The van der Waals surface area contributed by atoms with Crippen LogP contribution in [0.4, 0.5) is 0 Å². The summed E-state index contributed by atoms with van der Waals surface area (Å²) in [6, 6.07) is 7.56. The summed E-state index contributed by atoms with van der Waals surface area (Å²) >= 11 is 5.89. The van der Waals surface area contributed by atoms with Crippen LogP contribution in [0.3, 0.4) is 0 Å². The number of nitrogens with zero attached hydrogens (tertiary/aromatic N) is 2. The topological polar surface area (TPSA) is 36.8 Å². The zero-order chi connectivity index (χ0) is 13.1. The van der Waals surface area contributed by atoms with Crippen LogP contribution >= 0.6 is 11.6 Å². The number of allylic oxidation sites excluding steroid dienone is 3. The molecule has 1 aromatic rings. The molecule has 3 rings (SSSR count). The molecule has 0 amide bonds. The van der Waals surface area contributed by atoms with E-state index in [-0.39, 0.29) is 0 Å². The van der Waals surface area contributed by atoms with Gasteiger partial charge in [-0.2, -0.15) is 5.10 Å². The van der Waals surface area contributed by atoms with Crippen molar-refractivity contribution in [2.24, 2.45) is 10.1 Å². The van der Waals surface area contributed by atoms with Crippen LogP contribution in [0.2, 0.25) is 5.02 Å². The summed E-state index contributed by atoms with van der Waals surface area (Å²) in [5.41, 5.74) is 6.24. The summed E-state index contributed by atoms with van der Waals surface area (Å²) in [6.45, 7) is 0.674. The van der Waals surface area contributed by atoms with E-state index < -0.39 is 0 Å². The first-order chi connectivity index (χ1) is 9.33. The third-order valence-electron chi connectivity index (χ3n) is 3.10. The molecule has 1 aromatic carbocycles. The average molecular weight is 272 g/mol. The number of hydrogen-bond donors (Lipinski definition) is 1. The second-order valence-electron chi connectivity index (χ2n) is 4.47. The highest BCUT2D eigenvalue weighted by molar-refractivity contribution is 6.30. The number of aliphatic imine (C=N–C) groups is 1. The quantitative estimate of drug-likeness (QED) is 0.880. The molecule has 0 saturated carbocycles. The van der Waals surface area contributed by atoms with Gasteiger partial charge in [0, 0.05) is 10.6 Å². The Hall–Kier alpha value is -1.87. The van der Waals surface area contributed by atoms with Crippen LogP contribution in [-0.4, -0.2) is 18.1 Å². The van der Waals surface area contributed by atoms with Crippen LogP contribution in [-0.2, 0) is 0 Å². The second kappa shape index (κ2) is 5.41. The van der Waals surface area contributed by atoms with Crippen molar-refractivity contribution in [1.82, 2.24) is 5.43 Å². The molecule has 1 aliphatic heterocycles. The molecule has 0 atom stereocenters. The number of halogens is 1. The Bertz CT molecular complexity index is 594. The Morgan fingerprint density at radius 1 is 1.11 bits per heavy atom. The monoisotopic (exact) mass is 271 g/mol. The van der Waals surface area contributed by atoms with Crippen LogP contribution in [0.1, 0.15) is 18.4 Å². The number of amidine groups is 1. The smallest absolute Gasteiger partial charge is 0.179 e. The fraction of sp³-hybridized carbons (Fsp3) is 0.200. The lowest BCUT2D eigenvalue weighted by atomic mass is 10.0. The summed E-state index contributed by atoms with van der Waals surface area (Å²) < 4.78 is 0.